The molecule has 3 N–H and O–H groups in total. The summed E-state index contributed by atoms with van der Waals surface area (Å²) in [5.41, 5.74) is 3.15. The maximum atomic E-state index is 11.5. The molecule has 2 aromatic heterocycles. The van der Waals surface area contributed by atoms with Crippen LogP contribution in [0.4, 0.5) is 0 Å². The van der Waals surface area contributed by atoms with Crippen molar-refractivity contribution in [2.75, 3.05) is 0 Å². The fraction of sp³-hybridized carbons (Fsp3) is 0.250. The SMILES string of the molecule is C=CC(=O)NC1CCC(c2cc3cc(-c4ccccc4O)nnc3[nH]2)C1. The summed E-state index contributed by atoms with van der Waals surface area (Å²) < 4.78 is 0. The summed E-state index contributed by atoms with van der Waals surface area (Å²) in [6, 6.07) is 11.3. The number of amides is 1. The van der Waals surface area contributed by atoms with Crippen LogP contribution in [0.2, 0.25) is 0 Å². The molecule has 1 aliphatic carbocycles. The summed E-state index contributed by atoms with van der Waals surface area (Å²) in [5, 5.41) is 22.5. The molecular weight excluding hydrogens is 328 g/mol. The van der Waals surface area contributed by atoms with E-state index in [0.29, 0.717) is 17.2 Å². The first-order chi connectivity index (χ1) is 12.6. The van der Waals surface area contributed by atoms with Gasteiger partial charge in [0.05, 0.1) is 5.69 Å². The van der Waals surface area contributed by atoms with Crippen LogP contribution in [-0.2, 0) is 4.79 Å². The molecule has 2 heterocycles. The molecule has 1 fully saturated rings. The van der Waals surface area contributed by atoms with Gasteiger partial charge in [-0.15, -0.1) is 10.2 Å². The molecule has 1 saturated carbocycles. The Morgan fingerprint density at radius 3 is 2.92 bits per heavy atom. The fourth-order valence-corrected chi connectivity index (χ4v) is 3.65. The van der Waals surface area contributed by atoms with Gasteiger partial charge in [0.25, 0.3) is 0 Å². The average Bonchev–Trinajstić information content (AvgIpc) is 3.27. The molecular formula is C20H20N4O2. The lowest BCUT2D eigenvalue weighted by molar-refractivity contribution is -0.117. The van der Waals surface area contributed by atoms with Gasteiger partial charge in [-0.25, -0.2) is 0 Å². The van der Waals surface area contributed by atoms with E-state index in [0.717, 1.165) is 36.0 Å². The molecule has 6 nitrogen and oxygen atoms in total. The highest BCUT2D eigenvalue weighted by molar-refractivity contribution is 5.87. The zero-order chi connectivity index (χ0) is 18.1. The summed E-state index contributed by atoms with van der Waals surface area (Å²) in [4.78, 5) is 14.8. The highest BCUT2D eigenvalue weighted by atomic mass is 16.3. The van der Waals surface area contributed by atoms with E-state index in [-0.39, 0.29) is 17.7 Å². The van der Waals surface area contributed by atoms with Crippen LogP contribution in [-0.4, -0.2) is 32.2 Å². The van der Waals surface area contributed by atoms with Crippen molar-refractivity contribution in [3.8, 4) is 17.0 Å². The smallest absolute Gasteiger partial charge is 0.243 e. The number of aromatic amines is 1. The predicted molar refractivity (Wildman–Crippen MR) is 99.7 cm³/mol. The molecule has 6 heteroatoms. The second-order valence-electron chi connectivity index (χ2n) is 6.69. The summed E-state index contributed by atoms with van der Waals surface area (Å²) in [7, 11) is 0. The van der Waals surface area contributed by atoms with Crippen molar-refractivity contribution in [3.63, 3.8) is 0 Å². The van der Waals surface area contributed by atoms with Gasteiger partial charge < -0.3 is 15.4 Å². The fourth-order valence-electron chi connectivity index (χ4n) is 3.65. The quantitative estimate of drug-likeness (QED) is 0.631. The molecule has 3 aromatic rings. The van der Waals surface area contributed by atoms with Crippen LogP contribution >= 0.6 is 0 Å². The lowest BCUT2D eigenvalue weighted by Gasteiger charge is -2.11. The van der Waals surface area contributed by atoms with E-state index in [1.807, 2.05) is 18.2 Å². The predicted octanol–water partition coefficient (Wildman–Crippen LogP) is 3.27. The number of benzene rings is 1. The number of rotatable bonds is 4. The number of nitrogens with one attached hydrogen (secondary N) is 2. The van der Waals surface area contributed by atoms with Gasteiger partial charge in [0, 0.05) is 28.6 Å². The first kappa shape index (κ1) is 16.3. The summed E-state index contributed by atoms with van der Waals surface area (Å²) in [6.07, 6.45) is 4.17. The molecule has 0 aliphatic heterocycles. The minimum absolute atomic E-state index is 0.120. The number of fused-ring (bicyclic) bond motifs is 1. The number of hydrogen-bond acceptors (Lipinski definition) is 4. The number of H-pyrrole nitrogens is 1. The standard InChI is InChI=1S/C20H20N4O2/c1-2-19(26)21-14-8-7-12(9-14)16-10-13-11-17(23-24-20(13)22-16)15-5-3-4-6-18(15)25/h2-6,10-12,14,25H,1,7-9H2,(H,21,26)(H,22,24). The Hall–Kier alpha value is -3.15. The Labute approximate surface area is 151 Å². The van der Waals surface area contributed by atoms with E-state index in [1.165, 1.54) is 6.08 Å². The van der Waals surface area contributed by atoms with E-state index in [4.69, 9.17) is 0 Å². The number of aromatic nitrogens is 3. The van der Waals surface area contributed by atoms with Crippen molar-refractivity contribution < 1.29 is 9.90 Å². The zero-order valence-electron chi connectivity index (χ0n) is 14.3. The van der Waals surface area contributed by atoms with Crippen molar-refractivity contribution in [1.29, 1.82) is 0 Å². The molecule has 132 valence electrons. The van der Waals surface area contributed by atoms with Gasteiger partial charge in [-0.3, -0.25) is 4.79 Å². The topological polar surface area (TPSA) is 90.9 Å². The van der Waals surface area contributed by atoms with Gasteiger partial charge in [0.1, 0.15) is 5.75 Å². The lowest BCUT2D eigenvalue weighted by Crippen LogP contribution is -2.31. The molecule has 0 bridgehead atoms. The minimum atomic E-state index is -0.120. The van der Waals surface area contributed by atoms with E-state index in [2.05, 4.69) is 33.1 Å². The van der Waals surface area contributed by atoms with Gasteiger partial charge >= 0.3 is 0 Å². The summed E-state index contributed by atoms with van der Waals surface area (Å²) >= 11 is 0. The molecule has 1 aliphatic rings. The maximum Gasteiger partial charge on any atom is 0.243 e. The largest absolute Gasteiger partial charge is 0.507 e. The summed E-state index contributed by atoms with van der Waals surface area (Å²) in [6.45, 7) is 3.50. The minimum Gasteiger partial charge on any atom is -0.507 e. The highest BCUT2D eigenvalue weighted by Gasteiger charge is 2.27. The maximum absolute atomic E-state index is 11.5. The van der Waals surface area contributed by atoms with Crippen molar-refractivity contribution in [1.82, 2.24) is 20.5 Å². The molecule has 0 spiro atoms. The second kappa shape index (κ2) is 6.63. The monoisotopic (exact) mass is 348 g/mol. The third-order valence-electron chi connectivity index (χ3n) is 4.98. The first-order valence-corrected chi connectivity index (χ1v) is 8.71. The lowest BCUT2D eigenvalue weighted by atomic mass is 10.0. The third-order valence-corrected chi connectivity index (χ3v) is 4.98. The Bertz CT molecular complexity index is 979. The van der Waals surface area contributed by atoms with Gasteiger partial charge in [0.2, 0.25) is 5.91 Å². The van der Waals surface area contributed by atoms with Crippen molar-refractivity contribution in [2.45, 2.75) is 31.2 Å². The van der Waals surface area contributed by atoms with Crippen LogP contribution in [0.25, 0.3) is 22.3 Å². The molecule has 4 rings (SSSR count). The number of aromatic hydroxyl groups is 1. The van der Waals surface area contributed by atoms with Gasteiger partial charge in [-0.1, -0.05) is 18.7 Å². The Morgan fingerprint density at radius 1 is 1.27 bits per heavy atom. The average molecular weight is 348 g/mol. The van der Waals surface area contributed by atoms with E-state index < -0.39 is 0 Å². The number of carbonyl (C=O) groups excluding carboxylic acids is 1. The normalized spacial score (nSPS) is 19.5. The van der Waals surface area contributed by atoms with E-state index in [9.17, 15) is 9.90 Å². The van der Waals surface area contributed by atoms with Crippen LogP contribution in [0.15, 0.2) is 49.1 Å². The second-order valence-corrected chi connectivity index (χ2v) is 6.69. The molecule has 0 saturated heterocycles. The number of phenols is 1. The van der Waals surface area contributed by atoms with E-state index in [1.54, 1.807) is 12.1 Å². The number of para-hydroxylation sites is 1. The van der Waals surface area contributed by atoms with Crippen LogP contribution in [0.3, 0.4) is 0 Å². The number of hydrogen-bond donors (Lipinski definition) is 3. The molecule has 26 heavy (non-hydrogen) atoms. The molecule has 2 atom stereocenters. The van der Waals surface area contributed by atoms with Gasteiger partial charge in [-0.2, -0.15) is 0 Å². The Morgan fingerprint density at radius 2 is 2.12 bits per heavy atom. The van der Waals surface area contributed by atoms with Gasteiger partial charge in [0.15, 0.2) is 5.65 Å². The number of carbonyl (C=O) groups is 1. The molecule has 0 radical (unpaired) electrons. The van der Waals surface area contributed by atoms with Crippen molar-refractivity contribution in [2.24, 2.45) is 0 Å². The van der Waals surface area contributed by atoms with Gasteiger partial charge in [-0.05, 0) is 49.6 Å². The zero-order valence-corrected chi connectivity index (χ0v) is 14.3. The molecule has 1 aromatic carbocycles. The number of nitrogens with zero attached hydrogens (tertiary/aromatic N) is 2. The van der Waals surface area contributed by atoms with Crippen LogP contribution in [0, 0.1) is 0 Å². The molecule has 2 unspecified atom stereocenters. The van der Waals surface area contributed by atoms with Crippen molar-refractivity contribution in [3.05, 3.63) is 54.7 Å². The third kappa shape index (κ3) is 3.06. The van der Waals surface area contributed by atoms with Crippen LogP contribution in [0.5, 0.6) is 5.75 Å². The highest BCUT2D eigenvalue weighted by Crippen LogP contribution is 2.36. The Balaban J connectivity index is 1.58. The van der Waals surface area contributed by atoms with E-state index >= 15 is 0 Å². The first-order valence-electron chi connectivity index (χ1n) is 8.71. The molecule has 1 amide bonds. The number of phenolic OH excluding ortho intramolecular Hbond substituents is 1. The van der Waals surface area contributed by atoms with Crippen molar-refractivity contribution >= 4 is 16.9 Å². The summed E-state index contributed by atoms with van der Waals surface area (Å²) in [5.74, 6) is 0.423. The van der Waals surface area contributed by atoms with Crippen LogP contribution < -0.4 is 5.32 Å². The Kier molecular flexibility index (Phi) is 4.16. The van der Waals surface area contributed by atoms with Crippen LogP contribution in [0.1, 0.15) is 30.9 Å².